The van der Waals surface area contributed by atoms with Gasteiger partial charge in [-0.1, -0.05) is 13.3 Å². The minimum atomic E-state index is -0.193. The Balaban J connectivity index is 2.31. The topological polar surface area (TPSA) is 17.1 Å². The molecule has 2 heteroatoms. The van der Waals surface area contributed by atoms with Crippen molar-refractivity contribution in [1.29, 1.82) is 0 Å². The summed E-state index contributed by atoms with van der Waals surface area (Å²) in [5.74, 6) is 0.606. The van der Waals surface area contributed by atoms with Crippen LogP contribution in [-0.2, 0) is 0 Å². The summed E-state index contributed by atoms with van der Waals surface area (Å²) < 4.78 is 13.5. The first-order valence-electron chi connectivity index (χ1n) is 6.31. The third-order valence-electron chi connectivity index (χ3n) is 3.92. The Hall–Kier alpha value is -1.18. The van der Waals surface area contributed by atoms with E-state index < -0.39 is 0 Å². The van der Waals surface area contributed by atoms with Gasteiger partial charge < -0.3 is 0 Å². The summed E-state index contributed by atoms with van der Waals surface area (Å²) in [6.45, 7) is 5.58. The standard InChI is InChI=1S/C15H19FO/c1-9-5-4-6-13(9)15(17)12-7-10(2)14(16)11(3)8-12/h7-9,13H,4-6H2,1-3H3. The maximum Gasteiger partial charge on any atom is 0.166 e. The fourth-order valence-electron chi connectivity index (χ4n) is 2.84. The Kier molecular flexibility index (Phi) is 3.32. The highest BCUT2D eigenvalue weighted by molar-refractivity contribution is 5.98. The Morgan fingerprint density at radius 3 is 2.29 bits per heavy atom. The highest BCUT2D eigenvalue weighted by atomic mass is 19.1. The van der Waals surface area contributed by atoms with Crippen LogP contribution in [-0.4, -0.2) is 5.78 Å². The minimum absolute atomic E-state index is 0.138. The van der Waals surface area contributed by atoms with E-state index in [0.29, 0.717) is 22.6 Å². The van der Waals surface area contributed by atoms with Crippen molar-refractivity contribution in [1.82, 2.24) is 0 Å². The monoisotopic (exact) mass is 234 g/mol. The average Bonchev–Trinajstić information content (AvgIpc) is 2.70. The first kappa shape index (κ1) is 12.3. The van der Waals surface area contributed by atoms with Gasteiger partial charge in [-0.15, -0.1) is 0 Å². The molecule has 92 valence electrons. The van der Waals surface area contributed by atoms with E-state index in [0.717, 1.165) is 19.3 Å². The van der Waals surface area contributed by atoms with Crippen LogP contribution in [0.25, 0.3) is 0 Å². The lowest BCUT2D eigenvalue weighted by atomic mass is 9.88. The van der Waals surface area contributed by atoms with Gasteiger partial charge in [0, 0.05) is 11.5 Å². The van der Waals surface area contributed by atoms with Gasteiger partial charge in [0.05, 0.1) is 0 Å². The van der Waals surface area contributed by atoms with Crippen molar-refractivity contribution in [3.63, 3.8) is 0 Å². The van der Waals surface area contributed by atoms with E-state index in [9.17, 15) is 9.18 Å². The number of halogens is 1. The number of Topliss-reactive ketones (excluding diaryl/α,β-unsaturated/α-hetero) is 1. The van der Waals surface area contributed by atoms with E-state index in [2.05, 4.69) is 6.92 Å². The van der Waals surface area contributed by atoms with Crippen LogP contribution in [0.1, 0.15) is 47.7 Å². The zero-order valence-electron chi connectivity index (χ0n) is 10.7. The predicted molar refractivity (Wildman–Crippen MR) is 66.7 cm³/mol. The number of hydrogen-bond donors (Lipinski definition) is 0. The lowest BCUT2D eigenvalue weighted by Crippen LogP contribution is -2.17. The Morgan fingerprint density at radius 1 is 1.24 bits per heavy atom. The molecule has 0 bridgehead atoms. The van der Waals surface area contributed by atoms with Crippen molar-refractivity contribution >= 4 is 5.78 Å². The highest BCUT2D eigenvalue weighted by Gasteiger charge is 2.30. The fraction of sp³-hybridized carbons (Fsp3) is 0.533. The van der Waals surface area contributed by atoms with Gasteiger partial charge in [0.1, 0.15) is 5.82 Å². The number of ketones is 1. The summed E-state index contributed by atoms with van der Waals surface area (Å²) in [6.07, 6.45) is 3.25. The van der Waals surface area contributed by atoms with Crippen molar-refractivity contribution in [2.75, 3.05) is 0 Å². The molecule has 0 heterocycles. The van der Waals surface area contributed by atoms with Crippen LogP contribution in [0.3, 0.4) is 0 Å². The number of carbonyl (C=O) groups is 1. The molecule has 2 rings (SSSR count). The van der Waals surface area contributed by atoms with Gasteiger partial charge in [-0.2, -0.15) is 0 Å². The molecule has 2 unspecified atom stereocenters. The number of aryl methyl sites for hydroxylation is 2. The maximum atomic E-state index is 13.5. The third-order valence-corrected chi connectivity index (χ3v) is 3.92. The van der Waals surface area contributed by atoms with E-state index in [-0.39, 0.29) is 17.5 Å². The summed E-state index contributed by atoms with van der Waals surface area (Å²) in [7, 11) is 0. The quantitative estimate of drug-likeness (QED) is 0.705. The van der Waals surface area contributed by atoms with Crippen LogP contribution in [0, 0.1) is 31.5 Å². The van der Waals surface area contributed by atoms with Gasteiger partial charge in [0.2, 0.25) is 0 Å². The van der Waals surface area contributed by atoms with Crippen LogP contribution in [0.4, 0.5) is 4.39 Å². The Morgan fingerprint density at radius 2 is 1.82 bits per heavy atom. The molecule has 1 aliphatic carbocycles. The average molecular weight is 234 g/mol. The molecule has 0 saturated heterocycles. The van der Waals surface area contributed by atoms with Crippen molar-refractivity contribution < 1.29 is 9.18 Å². The summed E-state index contributed by atoms with van der Waals surface area (Å²) in [4.78, 5) is 12.4. The molecule has 1 fully saturated rings. The molecule has 1 saturated carbocycles. The fourth-order valence-corrected chi connectivity index (χ4v) is 2.84. The highest BCUT2D eigenvalue weighted by Crippen LogP contribution is 2.34. The van der Waals surface area contributed by atoms with Crippen LogP contribution in [0.2, 0.25) is 0 Å². The van der Waals surface area contributed by atoms with Crippen molar-refractivity contribution in [2.45, 2.75) is 40.0 Å². The molecule has 0 N–H and O–H groups in total. The summed E-state index contributed by atoms with van der Waals surface area (Å²) in [6, 6.07) is 3.38. The molecular weight excluding hydrogens is 215 g/mol. The lowest BCUT2D eigenvalue weighted by molar-refractivity contribution is 0.0897. The van der Waals surface area contributed by atoms with E-state index >= 15 is 0 Å². The van der Waals surface area contributed by atoms with Crippen LogP contribution in [0.15, 0.2) is 12.1 Å². The largest absolute Gasteiger partial charge is 0.294 e. The first-order chi connectivity index (χ1) is 8.00. The van der Waals surface area contributed by atoms with Gasteiger partial charge in [0.25, 0.3) is 0 Å². The van der Waals surface area contributed by atoms with Crippen molar-refractivity contribution in [2.24, 2.45) is 11.8 Å². The van der Waals surface area contributed by atoms with Gasteiger partial charge >= 0.3 is 0 Å². The molecule has 0 aliphatic heterocycles. The Bertz CT molecular complexity index is 427. The zero-order chi connectivity index (χ0) is 12.6. The zero-order valence-corrected chi connectivity index (χ0v) is 10.7. The smallest absolute Gasteiger partial charge is 0.166 e. The molecule has 1 aromatic carbocycles. The number of carbonyl (C=O) groups excluding carboxylic acids is 1. The SMILES string of the molecule is Cc1cc(C(=O)C2CCCC2C)cc(C)c1F. The lowest BCUT2D eigenvalue weighted by Gasteiger charge is -2.15. The summed E-state index contributed by atoms with van der Waals surface area (Å²) in [5, 5.41) is 0. The molecule has 17 heavy (non-hydrogen) atoms. The maximum absolute atomic E-state index is 13.5. The predicted octanol–water partition coefficient (Wildman–Crippen LogP) is 4.06. The van der Waals surface area contributed by atoms with Gasteiger partial charge in [-0.05, 0) is 55.9 Å². The molecule has 0 amide bonds. The second-order valence-corrected chi connectivity index (χ2v) is 5.30. The third kappa shape index (κ3) is 2.26. The molecule has 0 radical (unpaired) electrons. The molecule has 1 aliphatic rings. The first-order valence-corrected chi connectivity index (χ1v) is 6.31. The van der Waals surface area contributed by atoms with E-state index in [1.807, 2.05) is 0 Å². The minimum Gasteiger partial charge on any atom is -0.294 e. The second-order valence-electron chi connectivity index (χ2n) is 5.30. The van der Waals surface area contributed by atoms with E-state index in [1.54, 1.807) is 26.0 Å². The normalized spacial score (nSPS) is 24.0. The van der Waals surface area contributed by atoms with E-state index in [4.69, 9.17) is 0 Å². The van der Waals surface area contributed by atoms with Crippen LogP contribution < -0.4 is 0 Å². The molecule has 1 nitrogen and oxygen atoms in total. The van der Waals surface area contributed by atoms with Crippen LogP contribution in [0.5, 0.6) is 0 Å². The molecule has 0 aromatic heterocycles. The van der Waals surface area contributed by atoms with Crippen LogP contribution >= 0.6 is 0 Å². The van der Waals surface area contributed by atoms with Gasteiger partial charge in [-0.3, -0.25) is 4.79 Å². The molecule has 2 atom stereocenters. The Labute approximate surface area is 102 Å². The van der Waals surface area contributed by atoms with Gasteiger partial charge in [0.15, 0.2) is 5.78 Å². The van der Waals surface area contributed by atoms with Gasteiger partial charge in [-0.25, -0.2) is 4.39 Å². The number of hydrogen-bond acceptors (Lipinski definition) is 1. The summed E-state index contributed by atoms with van der Waals surface area (Å²) in [5.41, 5.74) is 1.82. The van der Waals surface area contributed by atoms with Crippen molar-refractivity contribution in [3.8, 4) is 0 Å². The summed E-state index contributed by atoms with van der Waals surface area (Å²) >= 11 is 0. The molecular formula is C15H19FO. The molecule has 1 aromatic rings. The van der Waals surface area contributed by atoms with E-state index in [1.165, 1.54) is 0 Å². The number of rotatable bonds is 2. The van der Waals surface area contributed by atoms with Crippen molar-refractivity contribution in [3.05, 3.63) is 34.6 Å². The number of benzene rings is 1. The molecule has 0 spiro atoms. The second kappa shape index (κ2) is 4.59.